The molecule has 1 fully saturated rings. The van der Waals surface area contributed by atoms with Crippen molar-refractivity contribution in [1.29, 1.82) is 0 Å². The van der Waals surface area contributed by atoms with Crippen LogP contribution in [-0.2, 0) is 0 Å². The van der Waals surface area contributed by atoms with E-state index >= 15 is 0 Å². The summed E-state index contributed by atoms with van der Waals surface area (Å²) in [5.41, 5.74) is 1.76. The molecule has 0 aromatic heterocycles. The normalized spacial score (nSPS) is 19.0. The Bertz CT molecular complexity index is 1160. The van der Waals surface area contributed by atoms with Crippen LogP contribution in [0.15, 0.2) is 60.7 Å². The lowest BCUT2D eigenvalue weighted by molar-refractivity contribution is -0.0790. The Kier molecular flexibility index (Phi) is 6.87. The van der Waals surface area contributed by atoms with Crippen LogP contribution in [0, 0.1) is 23.4 Å². The highest BCUT2D eigenvalue weighted by Gasteiger charge is 2.23. The van der Waals surface area contributed by atoms with Gasteiger partial charge in [0.2, 0.25) is 0 Å². The lowest BCUT2D eigenvalue weighted by Gasteiger charge is -2.26. The summed E-state index contributed by atoms with van der Waals surface area (Å²) in [6.45, 7) is 2.28. The summed E-state index contributed by atoms with van der Waals surface area (Å²) < 4.78 is 80.4. The van der Waals surface area contributed by atoms with Crippen LogP contribution >= 0.6 is 0 Å². The molecule has 1 aliphatic carbocycles. The van der Waals surface area contributed by atoms with Crippen LogP contribution in [-0.4, -0.2) is 6.18 Å². The maximum atomic E-state index is 14.9. The summed E-state index contributed by atoms with van der Waals surface area (Å²) in [6, 6.07) is 14.1. The quantitative estimate of drug-likeness (QED) is 0.331. The molecule has 0 N–H and O–H groups in total. The molecule has 1 aliphatic rings. The molecule has 0 aliphatic heterocycles. The molecular weight excluding hydrogens is 450 g/mol. The van der Waals surface area contributed by atoms with Gasteiger partial charge in [-0.05, 0) is 71.2 Å². The third-order valence-corrected chi connectivity index (χ3v) is 6.53. The van der Waals surface area contributed by atoms with E-state index in [-0.39, 0.29) is 17.2 Å². The van der Waals surface area contributed by atoms with Crippen LogP contribution in [0.1, 0.15) is 49.7 Å². The van der Waals surface area contributed by atoms with E-state index in [0.717, 1.165) is 23.6 Å². The first-order valence-electron chi connectivity index (χ1n) is 11.3. The van der Waals surface area contributed by atoms with Crippen molar-refractivity contribution >= 4 is 6.08 Å². The van der Waals surface area contributed by atoms with E-state index < -0.39 is 29.2 Å². The van der Waals surface area contributed by atoms with Crippen molar-refractivity contribution in [1.82, 2.24) is 0 Å². The summed E-state index contributed by atoms with van der Waals surface area (Å²) in [7, 11) is 0. The highest BCUT2D eigenvalue weighted by atomic mass is 19.4. The number of alkyl halides is 3. The predicted octanol–water partition coefficient (Wildman–Crippen LogP) is 9.31. The first kappa shape index (κ1) is 24.1. The summed E-state index contributed by atoms with van der Waals surface area (Å²) in [5.74, 6) is -1.77. The van der Waals surface area contributed by atoms with E-state index in [0.29, 0.717) is 17.6 Å². The van der Waals surface area contributed by atoms with Crippen molar-refractivity contribution in [3.05, 3.63) is 89.3 Å². The fraction of sp³-hybridized carbons (Fsp3) is 0.286. The third kappa shape index (κ3) is 5.54. The molecule has 0 heterocycles. The number of hydrogen-bond donors (Lipinski definition) is 0. The molecule has 0 bridgehead atoms. The van der Waals surface area contributed by atoms with E-state index in [4.69, 9.17) is 0 Å². The molecule has 0 radical (unpaired) electrons. The lowest BCUT2D eigenvalue weighted by Crippen LogP contribution is -2.10. The first-order valence-corrected chi connectivity index (χ1v) is 11.3. The van der Waals surface area contributed by atoms with Crippen molar-refractivity contribution in [3.8, 4) is 22.3 Å². The molecule has 3 aromatic rings. The van der Waals surface area contributed by atoms with Crippen LogP contribution in [0.5, 0.6) is 0 Å². The van der Waals surface area contributed by atoms with E-state index in [9.17, 15) is 26.3 Å². The zero-order valence-corrected chi connectivity index (χ0v) is 18.6. The molecule has 1 saturated carbocycles. The van der Waals surface area contributed by atoms with Gasteiger partial charge in [-0.1, -0.05) is 56.2 Å². The Morgan fingerprint density at radius 3 is 1.82 bits per heavy atom. The minimum atomic E-state index is -4.70. The molecule has 0 nitrogen and oxygen atoms in total. The van der Waals surface area contributed by atoms with Gasteiger partial charge in [0.1, 0.15) is 17.5 Å². The van der Waals surface area contributed by atoms with Crippen LogP contribution in [0.4, 0.5) is 26.3 Å². The number of hydrogen-bond acceptors (Lipinski definition) is 0. The fourth-order valence-corrected chi connectivity index (χ4v) is 4.55. The first-order chi connectivity index (χ1) is 16.1. The smallest absolute Gasteiger partial charge is 0.206 e. The minimum absolute atomic E-state index is 0.0409. The van der Waals surface area contributed by atoms with Crippen LogP contribution in [0.2, 0.25) is 0 Å². The number of halogens is 6. The lowest BCUT2D eigenvalue weighted by atomic mass is 9.79. The Morgan fingerprint density at radius 2 is 1.26 bits per heavy atom. The van der Waals surface area contributed by atoms with Gasteiger partial charge < -0.3 is 0 Å². The van der Waals surface area contributed by atoms with E-state index in [1.807, 2.05) is 12.1 Å². The Balaban J connectivity index is 1.56. The highest BCUT2D eigenvalue weighted by Crippen LogP contribution is 2.37. The van der Waals surface area contributed by atoms with Crippen molar-refractivity contribution in [3.63, 3.8) is 0 Å². The minimum Gasteiger partial charge on any atom is -0.206 e. The molecule has 34 heavy (non-hydrogen) atoms. The molecule has 0 amide bonds. The molecule has 0 saturated heterocycles. The van der Waals surface area contributed by atoms with Gasteiger partial charge in [0.15, 0.2) is 0 Å². The summed E-state index contributed by atoms with van der Waals surface area (Å²) in [5, 5.41) is 0. The Labute approximate surface area is 194 Å². The van der Waals surface area contributed by atoms with Crippen LogP contribution in [0.3, 0.4) is 0 Å². The Morgan fingerprint density at radius 1 is 0.706 bits per heavy atom. The SMILES string of the molecule is CC1CCC(c2ccc(-c3ccc(-c4cc(F)c(/C=C/C(F)(F)F)c(F)c4)c(F)c3)cc2)CC1. The van der Waals surface area contributed by atoms with Gasteiger partial charge in [-0.2, -0.15) is 13.2 Å². The molecule has 0 spiro atoms. The monoisotopic (exact) mass is 474 g/mol. The van der Waals surface area contributed by atoms with Crippen LogP contribution < -0.4 is 0 Å². The predicted molar refractivity (Wildman–Crippen MR) is 123 cm³/mol. The average molecular weight is 474 g/mol. The molecule has 0 unspecified atom stereocenters. The van der Waals surface area contributed by atoms with Gasteiger partial charge in [-0.3, -0.25) is 0 Å². The van der Waals surface area contributed by atoms with Gasteiger partial charge in [-0.25, -0.2) is 13.2 Å². The van der Waals surface area contributed by atoms with Gasteiger partial charge >= 0.3 is 6.18 Å². The van der Waals surface area contributed by atoms with E-state index in [1.165, 1.54) is 43.4 Å². The molecule has 3 aromatic carbocycles. The summed E-state index contributed by atoms with van der Waals surface area (Å²) >= 11 is 0. The van der Waals surface area contributed by atoms with Crippen molar-refractivity contribution < 1.29 is 26.3 Å². The van der Waals surface area contributed by atoms with Crippen molar-refractivity contribution in [2.45, 2.75) is 44.7 Å². The maximum Gasteiger partial charge on any atom is 0.409 e. The number of allylic oxidation sites excluding steroid dienone is 1. The molecule has 0 atom stereocenters. The zero-order valence-electron chi connectivity index (χ0n) is 18.6. The van der Waals surface area contributed by atoms with Gasteiger partial charge in [0.25, 0.3) is 0 Å². The Hall–Kier alpha value is -3.02. The van der Waals surface area contributed by atoms with Crippen molar-refractivity contribution in [2.24, 2.45) is 5.92 Å². The topological polar surface area (TPSA) is 0 Å². The van der Waals surface area contributed by atoms with E-state index in [1.54, 1.807) is 6.07 Å². The van der Waals surface area contributed by atoms with Gasteiger partial charge in [0.05, 0.1) is 0 Å². The average Bonchev–Trinajstić information content (AvgIpc) is 2.78. The van der Waals surface area contributed by atoms with Crippen LogP contribution in [0.25, 0.3) is 28.3 Å². The fourth-order valence-electron chi connectivity index (χ4n) is 4.55. The zero-order chi connectivity index (χ0) is 24.5. The molecule has 4 rings (SSSR count). The molecular formula is C28H24F6. The maximum absolute atomic E-state index is 14.9. The van der Waals surface area contributed by atoms with Crippen molar-refractivity contribution in [2.75, 3.05) is 0 Å². The summed E-state index contributed by atoms with van der Waals surface area (Å²) in [6.07, 6.45) is 0.158. The highest BCUT2D eigenvalue weighted by molar-refractivity contribution is 5.72. The second kappa shape index (κ2) is 9.69. The van der Waals surface area contributed by atoms with E-state index in [2.05, 4.69) is 19.1 Å². The van der Waals surface area contributed by atoms with Gasteiger partial charge in [0, 0.05) is 17.2 Å². The largest absolute Gasteiger partial charge is 0.409 e. The summed E-state index contributed by atoms with van der Waals surface area (Å²) in [4.78, 5) is 0. The van der Waals surface area contributed by atoms with Gasteiger partial charge in [-0.15, -0.1) is 0 Å². The molecule has 178 valence electrons. The third-order valence-electron chi connectivity index (χ3n) is 6.53. The second-order valence-electron chi connectivity index (χ2n) is 9.00. The second-order valence-corrected chi connectivity index (χ2v) is 9.00. The molecule has 6 heteroatoms. The number of rotatable bonds is 4. The number of benzene rings is 3. The standard InChI is InChI=1S/C28H24F6/c1-17-2-4-18(5-3-17)19-6-8-20(9-7-19)21-10-11-23(25(29)14-21)22-15-26(30)24(27(31)16-22)12-13-28(32,33)34/h6-18H,2-5H2,1H3/b13-12+.